The van der Waals surface area contributed by atoms with Gasteiger partial charge in [-0.1, -0.05) is 35.9 Å². The number of benzene rings is 2. The van der Waals surface area contributed by atoms with E-state index < -0.39 is 0 Å². The molecule has 3 rings (SSSR count). The highest BCUT2D eigenvalue weighted by atomic mass is 35.5. The summed E-state index contributed by atoms with van der Waals surface area (Å²) in [6.07, 6.45) is 1.93. The van der Waals surface area contributed by atoms with Crippen molar-refractivity contribution in [3.05, 3.63) is 59.1 Å². The van der Waals surface area contributed by atoms with E-state index in [-0.39, 0.29) is 11.8 Å². The summed E-state index contributed by atoms with van der Waals surface area (Å²) < 4.78 is 5.50. The first-order valence-electron chi connectivity index (χ1n) is 9.15. The van der Waals surface area contributed by atoms with Gasteiger partial charge in [-0.15, -0.1) is 0 Å². The van der Waals surface area contributed by atoms with Crippen LogP contribution in [0.1, 0.15) is 25.3 Å². The van der Waals surface area contributed by atoms with Gasteiger partial charge in [-0.05, 0) is 50.1 Å². The van der Waals surface area contributed by atoms with Gasteiger partial charge in [0.25, 0.3) is 0 Å². The van der Waals surface area contributed by atoms with E-state index in [4.69, 9.17) is 16.3 Å². The number of rotatable bonds is 6. The van der Waals surface area contributed by atoms with Crippen LogP contribution in [0.25, 0.3) is 0 Å². The van der Waals surface area contributed by atoms with Crippen LogP contribution < -0.4 is 10.1 Å². The Hall–Kier alpha value is -2.04. The Balaban J connectivity index is 1.59. The van der Waals surface area contributed by atoms with Gasteiger partial charge in [-0.2, -0.15) is 0 Å². The lowest BCUT2D eigenvalue weighted by molar-refractivity contribution is -0.121. The normalized spacial score (nSPS) is 17.7. The molecular formula is C21H25ClN2O2. The van der Waals surface area contributed by atoms with Gasteiger partial charge in [0.2, 0.25) is 5.91 Å². The molecular weight excluding hydrogens is 348 g/mol. The van der Waals surface area contributed by atoms with Crippen LogP contribution in [0.15, 0.2) is 48.5 Å². The molecule has 1 aliphatic rings. The summed E-state index contributed by atoms with van der Waals surface area (Å²) in [6.45, 7) is 5.08. The monoisotopic (exact) mass is 372 g/mol. The summed E-state index contributed by atoms with van der Waals surface area (Å²) in [5, 5.41) is 3.82. The van der Waals surface area contributed by atoms with Gasteiger partial charge in [0, 0.05) is 29.9 Å². The highest BCUT2D eigenvalue weighted by Crippen LogP contribution is 2.24. The molecule has 4 nitrogen and oxygen atoms in total. The molecule has 1 amide bonds. The molecule has 1 heterocycles. The van der Waals surface area contributed by atoms with E-state index in [1.54, 1.807) is 0 Å². The standard InChI is InChI=1S/C21H25ClN2O2/c1-2-26-19-10-5-9-18(13-19)23-21(25)17-8-6-12-24(15-17)14-16-7-3-4-11-20(16)22/h3-5,7,9-11,13,17H,2,6,8,12,14-15H2,1H3,(H,23,25)/t17-/m0/s1. The van der Waals surface area contributed by atoms with Crippen LogP contribution in [0.5, 0.6) is 5.75 Å². The number of ether oxygens (including phenoxy) is 1. The number of halogens is 1. The maximum atomic E-state index is 12.7. The lowest BCUT2D eigenvalue weighted by Gasteiger charge is -2.32. The maximum absolute atomic E-state index is 12.7. The van der Waals surface area contributed by atoms with Crippen LogP contribution in [-0.4, -0.2) is 30.5 Å². The van der Waals surface area contributed by atoms with E-state index in [1.807, 2.05) is 55.5 Å². The minimum absolute atomic E-state index is 0.0120. The molecule has 0 radical (unpaired) electrons. The molecule has 0 spiro atoms. The summed E-state index contributed by atoms with van der Waals surface area (Å²) in [5.41, 5.74) is 1.89. The third-order valence-electron chi connectivity index (χ3n) is 4.64. The molecule has 0 aliphatic carbocycles. The number of carbonyl (C=O) groups excluding carboxylic acids is 1. The third kappa shape index (κ3) is 4.99. The van der Waals surface area contributed by atoms with Gasteiger partial charge in [0.15, 0.2) is 0 Å². The number of hydrogen-bond donors (Lipinski definition) is 1. The first-order valence-corrected chi connectivity index (χ1v) is 9.53. The lowest BCUT2D eigenvalue weighted by Crippen LogP contribution is -2.40. The molecule has 5 heteroatoms. The topological polar surface area (TPSA) is 41.6 Å². The first-order chi connectivity index (χ1) is 12.7. The molecule has 138 valence electrons. The highest BCUT2D eigenvalue weighted by molar-refractivity contribution is 6.31. The Morgan fingerprint density at radius 1 is 1.27 bits per heavy atom. The Bertz CT molecular complexity index is 750. The van der Waals surface area contributed by atoms with Crippen molar-refractivity contribution in [1.29, 1.82) is 0 Å². The Morgan fingerprint density at radius 2 is 2.12 bits per heavy atom. The molecule has 2 aromatic rings. The summed E-state index contributed by atoms with van der Waals surface area (Å²) >= 11 is 6.27. The second-order valence-electron chi connectivity index (χ2n) is 6.62. The molecule has 0 bridgehead atoms. The van der Waals surface area contributed by atoms with Gasteiger partial charge >= 0.3 is 0 Å². The molecule has 1 aliphatic heterocycles. The molecule has 0 saturated carbocycles. The van der Waals surface area contributed by atoms with Crippen molar-refractivity contribution in [3.8, 4) is 5.75 Å². The number of amides is 1. The molecule has 1 fully saturated rings. The molecule has 1 saturated heterocycles. The quantitative estimate of drug-likeness (QED) is 0.806. The number of piperidine rings is 1. The number of nitrogens with zero attached hydrogens (tertiary/aromatic N) is 1. The van der Waals surface area contributed by atoms with Crippen molar-refractivity contribution in [2.45, 2.75) is 26.3 Å². The molecule has 0 unspecified atom stereocenters. The maximum Gasteiger partial charge on any atom is 0.228 e. The van der Waals surface area contributed by atoms with E-state index in [2.05, 4.69) is 10.2 Å². The Kier molecular flexibility index (Phi) is 6.53. The van der Waals surface area contributed by atoms with Crippen LogP contribution in [0.4, 0.5) is 5.69 Å². The number of hydrogen-bond acceptors (Lipinski definition) is 3. The number of nitrogens with one attached hydrogen (secondary N) is 1. The summed E-state index contributed by atoms with van der Waals surface area (Å²) in [4.78, 5) is 15.0. The Morgan fingerprint density at radius 3 is 2.92 bits per heavy atom. The smallest absolute Gasteiger partial charge is 0.228 e. The fourth-order valence-electron chi connectivity index (χ4n) is 3.36. The SMILES string of the molecule is CCOc1cccc(NC(=O)[C@H]2CCCN(Cc3ccccc3Cl)C2)c1. The van der Waals surface area contributed by atoms with E-state index in [9.17, 15) is 4.79 Å². The van der Waals surface area contributed by atoms with E-state index in [0.717, 1.165) is 54.5 Å². The van der Waals surface area contributed by atoms with Crippen LogP contribution in [0.3, 0.4) is 0 Å². The Labute approximate surface area is 160 Å². The fourth-order valence-corrected chi connectivity index (χ4v) is 3.55. The van der Waals surface area contributed by atoms with Crippen molar-refractivity contribution >= 4 is 23.2 Å². The number of anilines is 1. The predicted octanol–water partition coefficient (Wildman–Crippen LogP) is 4.59. The largest absolute Gasteiger partial charge is 0.494 e. The average molecular weight is 373 g/mol. The zero-order valence-electron chi connectivity index (χ0n) is 15.1. The minimum atomic E-state index is -0.0120. The van der Waals surface area contributed by atoms with Gasteiger partial charge in [0.05, 0.1) is 12.5 Å². The van der Waals surface area contributed by atoms with Crippen molar-refractivity contribution in [2.75, 3.05) is 25.0 Å². The summed E-state index contributed by atoms with van der Waals surface area (Å²) in [5.74, 6) is 0.832. The molecule has 0 aromatic heterocycles. The third-order valence-corrected chi connectivity index (χ3v) is 5.01. The zero-order chi connectivity index (χ0) is 18.4. The van der Waals surface area contributed by atoms with Crippen molar-refractivity contribution in [1.82, 2.24) is 4.90 Å². The van der Waals surface area contributed by atoms with Crippen LogP contribution in [0, 0.1) is 5.92 Å². The van der Waals surface area contributed by atoms with E-state index >= 15 is 0 Å². The van der Waals surface area contributed by atoms with Crippen molar-refractivity contribution in [3.63, 3.8) is 0 Å². The van der Waals surface area contributed by atoms with Crippen molar-refractivity contribution < 1.29 is 9.53 Å². The van der Waals surface area contributed by atoms with Crippen LogP contribution >= 0.6 is 11.6 Å². The van der Waals surface area contributed by atoms with Crippen molar-refractivity contribution in [2.24, 2.45) is 5.92 Å². The first kappa shape index (κ1) is 18.7. The second-order valence-corrected chi connectivity index (χ2v) is 7.02. The van der Waals surface area contributed by atoms with E-state index in [1.165, 1.54) is 0 Å². The van der Waals surface area contributed by atoms with Gasteiger partial charge in [-0.25, -0.2) is 0 Å². The minimum Gasteiger partial charge on any atom is -0.494 e. The zero-order valence-corrected chi connectivity index (χ0v) is 15.8. The number of carbonyl (C=O) groups is 1. The van der Waals surface area contributed by atoms with Crippen LogP contribution in [-0.2, 0) is 11.3 Å². The van der Waals surface area contributed by atoms with Crippen LogP contribution in [0.2, 0.25) is 5.02 Å². The average Bonchev–Trinajstić information content (AvgIpc) is 2.64. The van der Waals surface area contributed by atoms with Gasteiger partial charge < -0.3 is 10.1 Å². The number of likely N-dealkylation sites (tertiary alicyclic amines) is 1. The van der Waals surface area contributed by atoms with Gasteiger partial charge in [-0.3, -0.25) is 9.69 Å². The molecule has 2 aromatic carbocycles. The van der Waals surface area contributed by atoms with Gasteiger partial charge in [0.1, 0.15) is 5.75 Å². The summed E-state index contributed by atoms with van der Waals surface area (Å²) in [7, 11) is 0. The second kappa shape index (κ2) is 9.06. The predicted molar refractivity (Wildman–Crippen MR) is 106 cm³/mol. The molecule has 1 N–H and O–H groups in total. The molecule has 26 heavy (non-hydrogen) atoms. The summed E-state index contributed by atoms with van der Waals surface area (Å²) in [6, 6.07) is 15.4. The lowest BCUT2D eigenvalue weighted by atomic mass is 9.96. The highest BCUT2D eigenvalue weighted by Gasteiger charge is 2.26. The molecule has 1 atom stereocenters. The fraction of sp³-hybridized carbons (Fsp3) is 0.381. The van der Waals surface area contributed by atoms with E-state index in [0.29, 0.717) is 6.61 Å².